The maximum atomic E-state index is 13.6. The fourth-order valence-electron chi connectivity index (χ4n) is 1.48. The Hall–Kier alpha value is -1.77. The first kappa shape index (κ1) is 15.6. The second-order valence-corrected chi connectivity index (χ2v) is 5.16. The Morgan fingerprint density at radius 3 is 2.62 bits per heavy atom. The molecule has 0 saturated heterocycles. The zero-order valence-corrected chi connectivity index (χ0v) is 12.6. The number of benzene rings is 1. The molecule has 1 aromatic carbocycles. The first-order valence-electron chi connectivity index (χ1n) is 5.50. The van der Waals surface area contributed by atoms with Gasteiger partial charge in [-0.2, -0.15) is 0 Å². The summed E-state index contributed by atoms with van der Waals surface area (Å²) in [5.74, 6) is 3.04. The third kappa shape index (κ3) is 3.46. The maximum absolute atomic E-state index is 13.6. The first-order valence-corrected chi connectivity index (χ1v) is 6.67. The van der Waals surface area contributed by atoms with Gasteiger partial charge in [0.05, 0.1) is 20.7 Å². The molecule has 4 N–H and O–H groups in total. The molecule has 2 aromatic rings. The number of aromatic nitrogens is 1. The number of hydrogen-bond donors (Lipinski definition) is 3. The number of hydrazine groups is 1. The lowest BCUT2D eigenvalue weighted by molar-refractivity contribution is 0.102. The predicted molar refractivity (Wildman–Crippen MR) is 79.1 cm³/mol. The van der Waals surface area contributed by atoms with Crippen molar-refractivity contribution in [3.63, 3.8) is 0 Å². The molecule has 0 unspecified atom stereocenters. The number of halogens is 4. The van der Waals surface area contributed by atoms with Crippen LogP contribution in [0, 0.1) is 11.6 Å². The number of amides is 1. The minimum Gasteiger partial charge on any atom is -0.319 e. The number of nitrogens with one attached hydrogen (secondary N) is 2. The minimum atomic E-state index is -0.900. The van der Waals surface area contributed by atoms with Crippen LogP contribution in [0.4, 0.5) is 20.3 Å². The van der Waals surface area contributed by atoms with Crippen LogP contribution in [0.1, 0.15) is 10.4 Å². The molecule has 0 fully saturated rings. The molecule has 0 saturated carbocycles. The van der Waals surface area contributed by atoms with Crippen molar-refractivity contribution in [2.45, 2.75) is 0 Å². The van der Waals surface area contributed by atoms with Crippen molar-refractivity contribution in [1.29, 1.82) is 0 Å². The summed E-state index contributed by atoms with van der Waals surface area (Å²) in [6.45, 7) is 0. The van der Waals surface area contributed by atoms with Gasteiger partial charge in [-0.15, -0.1) is 0 Å². The number of hydrogen-bond acceptors (Lipinski definition) is 4. The Labute approximate surface area is 131 Å². The van der Waals surface area contributed by atoms with Gasteiger partial charge < -0.3 is 10.7 Å². The summed E-state index contributed by atoms with van der Waals surface area (Å²) >= 11 is 8.75. The van der Waals surface area contributed by atoms with E-state index >= 15 is 0 Å². The number of nitrogens with zero attached hydrogens (tertiary/aromatic N) is 1. The number of nitrogen functional groups attached to an aromatic ring is 1. The maximum Gasteiger partial charge on any atom is 0.257 e. The molecular weight excluding hydrogens is 370 g/mol. The Morgan fingerprint density at radius 1 is 1.29 bits per heavy atom. The van der Waals surface area contributed by atoms with E-state index in [1.807, 2.05) is 0 Å². The summed E-state index contributed by atoms with van der Waals surface area (Å²) in [6, 6.07) is 3.09. The van der Waals surface area contributed by atoms with Gasteiger partial charge in [-0.05, 0) is 28.1 Å². The fraction of sp³-hybridized carbons (Fsp3) is 0. The lowest BCUT2D eigenvalue weighted by Gasteiger charge is -2.09. The van der Waals surface area contributed by atoms with E-state index in [2.05, 4.69) is 31.7 Å². The highest BCUT2D eigenvalue weighted by Gasteiger charge is 2.14. The van der Waals surface area contributed by atoms with E-state index in [0.29, 0.717) is 6.07 Å². The van der Waals surface area contributed by atoms with Crippen LogP contribution >= 0.6 is 27.5 Å². The van der Waals surface area contributed by atoms with Crippen molar-refractivity contribution >= 4 is 44.9 Å². The van der Waals surface area contributed by atoms with Gasteiger partial charge in [0.1, 0.15) is 11.6 Å². The normalized spacial score (nSPS) is 10.3. The van der Waals surface area contributed by atoms with E-state index in [-0.39, 0.29) is 26.6 Å². The molecule has 1 amide bonds. The van der Waals surface area contributed by atoms with Gasteiger partial charge in [-0.1, -0.05) is 11.6 Å². The first-order chi connectivity index (χ1) is 9.92. The van der Waals surface area contributed by atoms with Gasteiger partial charge in [-0.25, -0.2) is 19.6 Å². The van der Waals surface area contributed by atoms with E-state index in [9.17, 15) is 13.6 Å². The quantitative estimate of drug-likeness (QED) is 0.435. The van der Waals surface area contributed by atoms with Gasteiger partial charge >= 0.3 is 0 Å². The second kappa shape index (κ2) is 6.33. The monoisotopic (exact) mass is 376 g/mol. The van der Waals surface area contributed by atoms with Crippen molar-refractivity contribution in [2.24, 2.45) is 5.84 Å². The molecule has 0 bridgehead atoms. The number of anilines is 2. The molecule has 1 heterocycles. The van der Waals surface area contributed by atoms with Gasteiger partial charge in [-0.3, -0.25) is 4.79 Å². The average molecular weight is 378 g/mol. The van der Waals surface area contributed by atoms with Gasteiger partial charge in [0.15, 0.2) is 5.82 Å². The standard InChI is InChI=1S/C12H8BrClF2N4O/c13-6-2-10(9(16)3-8(6)15)19-12(21)5-1-7(14)11(20-17)18-4-5/h1-4H,17H2,(H,18,20)(H,19,21). The molecule has 0 atom stereocenters. The van der Waals surface area contributed by atoms with Crippen molar-refractivity contribution in [2.75, 3.05) is 10.7 Å². The Bertz CT molecular complexity index is 714. The number of pyridine rings is 1. The zero-order valence-electron chi connectivity index (χ0n) is 10.3. The average Bonchev–Trinajstić information content (AvgIpc) is 2.44. The Morgan fingerprint density at radius 2 is 2.00 bits per heavy atom. The second-order valence-electron chi connectivity index (χ2n) is 3.90. The molecule has 1 aromatic heterocycles. The topological polar surface area (TPSA) is 80.0 Å². The molecule has 9 heteroatoms. The molecule has 0 aliphatic carbocycles. The summed E-state index contributed by atoms with van der Waals surface area (Å²) in [5.41, 5.74) is 2.17. The molecule has 5 nitrogen and oxygen atoms in total. The molecular formula is C12H8BrClF2N4O. The highest BCUT2D eigenvalue weighted by molar-refractivity contribution is 9.10. The molecule has 0 spiro atoms. The van der Waals surface area contributed by atoms with E-state index < -0.39 is 17.5 Å². The highest BCUT2D eigenvalue weighted by Crippen LogP contribution is 2.25. The van der Waals surface area contributed by atoms with E-state index in [1.165, 1.54) is 12.3 Å². The van der Waals surface area contributed by atoms with Crippen LogP contribution in [0.15, 0.2) is 28.9 Å². The van der Waals surface area contributed by atoms with Crippen molar-refractivity contribution in [1.82, 2.24) is 4.98 Å². The van der Waals surface area contributed by atoms with Crippen LogP contribution < -0.4 is 16.6 Å². The van der Waals surface area contributed by atoms with Crippen LogP contribution in [0.5, 0.6) is 0 Å². The SMILES string of the molecule is NNc1ncc(C(=O)Nc2cc(Br)c(F)cc2F)cc1Cl. The van der Waals surface area contributed by atoms with Crippen LogP contribution in [-0.2, 0) is 0 Å². The Balaban J connectivity index is 2.26. The summed E-state index contributed by atoms with van der Waals surface area (Å²) in [7, 11) is 0. The van der Waals surface area contributed by atoms with Crippen LogP contribution in [-0.4, -0.2) is 10.9 Å². The summed E-state index contributed by atoms with van der Waals surface area (Å²) < 4.78 is 26.7. The van der Waals surface area contributed by atoms with Crippen LogP contribution in [0.3, 0.4) is 0 Å². The third-order valence-corrected chi connectivity index (χ3v) is 3.39. The van der Waals surface area contributed by atoms with Crippen molar-refractivity contribution in [3.05, 3.63) is 51.1 Å². The molecule has 2 rings (SSSR count). The third-order valence-electron chi connectivity index (χ3n) is 2.50. The minimum absolute atomic E-state index is 0.0260. The summed E-state index contributed by atoms with van der Waals surface area (Å²) in [6.07, 6.45) is 1.22. The number of rotatable bonds is 3. The van der Waals surface area contributed by atoms with Crippen LogP contribution in [0.2, 0.25) is 5.02 Å². The van der Waals surface area contributed by atoms with Crippen LogP contribution in [0.25, 0.3) is 0 Å². The summed E-state index contributed by atoms with van der Waals surface area (Å²) in [4.78, 5) is 15.8. The lowest BCUT2D eigenvalue weighted by Crippen LogP contribution is -2.15. The lowest BCUT2D eigenvalue weighted by atomic mass is 10.2. The summed E-state index contributed by atoms with van der Waals surface area (Å²) in [5, 5.41) is 2.43. The smallest absolute Gasteiger partial charge is 0.257 e. The van der Waals surface area contributed by atoms with E-state index in [1.54, 1.807) is 0 Å². The zero-order chi connectivity index (χ0) is 15.6. The number of carbonyl (C=O) groups excluding carboxylic acids is 1. The van der Waals surface area contributed by atoms with E-state index in [0.717, 1.165) is 6.07 Å². The van der Waals surface area contributed by atoms with Gasteiger partial charge in [0.25, 0.3) is 5.91 Å². The largest absolute Gasteiger partial charge is 0.319 e. The molecule has 0 aliphatic heterocycles. The van der Waals surface area contributed by atoms with Crippen molar-refractivity contribution in [3.8, 4) is 0 Å². The van der Waals surface area contributed by atoms with E-state index in [4.69, 9.17) is 17.4 Å². The molecule has 0 aliphatic rings. The van der Waals surface area contributed by atoms with Gasteiger partial charge in [0.2, 0.25) is 0 Å². The predicted octanol–water partition coefficient (Wildman–Crippen LogP) is 3.31. The number of carbonyl (C=O) groups is 1. The highest BCUT2D eigenvalue weighted by atomic mass is 79.9. The molecule has 0 radical (unpaired) electrons. The Kier molecular flexibility index (Phi) is 4.71. The fourth-order valence-corrected chi connectivity index (χ4v) is 2.05. The molecule has 21 heavy (non-hydrogen) atoms. The molecule has 110 valence electrons. The van der Waals surface area contributed by atoms with Crippen molar-refractivity contribution < 1.29 is 13.6 Å². The number of nitrogens with two attached hydrogens (primary N) is 1. The van der Waals surface area contributed by atoms with Gasteiger partial charge in [0, 0.05) is 12.3 Å².